The number of hydrogen-bond acceptors (Lipinski definition) is 6. The number of ether oxygens (including phenoxy) is 1. The summed E-state index contributed by atoms with van der Waals surface area (Å²) in [6.07, 6.45) is 3.17. The van der Waals surface area contributed by atoms with E-state index in [1.54, 1.807) is 49.6 Å². The molecule has 2 aromatic carbocycles. The number of aliphatic carboxylic acids is 1. The summed E-state index contributed by atoms with van der Waals surface area (Å²) in [6.45, 7) is 1.50. The second kappa shape index (κ2) is 6.90. The topological polar surface area (TPSA) is 106 Å². The lowest BCUT2D eigenvalue weighted by atomic mass is 10.0. The summed E-state index contributed by atoms with van der Waals surface area (Å²) in [7, 11) is 1.58. The van der Waals surface area contributed by atoms with Crippen molar-refractivity contribution in [1.82, 2.24) is 14.8 Å². The minimum absolute atomic E-state index is 0.110. The molecule has 0 bridgehead atoms. The SMILES string of the molecule is COc1ccc(C=CC2(C(=O)O)Nc3ccccc3-c3nc(=O)c(C)nn32)cc1. The molecule has 0 amide bonds. The molecule has 1 atom stereocenters. The van der Waals surface area contributed by atoms with Gasteiger partial charge >= 0.3 is 5.97 Å². The second-order valence-corrected chi connectivity index (χ2v) is 6.59. The Labute approximate surface area is 166 Å². The van der Waals surface area contributed by atoms with Gasteiger partial charge in [-0.05, 0) is 42.8 Å². The summed E-state index contributed by atoms with van der Waals surface area (Å²) in [5.41, 5.74) is -0.211. The molecule has 0 fully saturated rings. The number of rotatable bonds is 4. The van der Waals surface area contributed by atoms with Crippen LogP contribution in [-0.4, -0.2) is 33.0 Å². The van der Waals surface area contributed by atoms with Crippen molar-refractivity contribution >= 4 is 17.7 Å². The number of nitrogens with zero attached hydrogens (tertiary/aromatic N) is 3. The number of carboxylic acids is 1. The average Bonchev–Trinajstić information content (AvgIpc) is 2.73. The third kappa shape index (κ3) is 3.04. The molecule has 4 rings (SSSR count). The number of fused-ring (bicyclic) bond motifs is 3. The van der Waals surface area contributed by atoms with Crippen LogP contribution >= 0.6 is 0 Å². The van der Waals surface area contributed by atoms with Gasteiger partial charge in [0.15, 0.2) is 5.82 Å². The molecule has 1 aromatic heterocycles. The Bertz CT molecular complexity index is 1180. The first-order valence-electron chi connectivity index (χ1n) is 8.87. The highest BCUT2D eigenvalue weighted by atomic mass is 16.5. The summed E-state index contributed by atoms with van der Waals surface area (Å²) in [5.74, 6) is -0.295. The van der Waals surface area contributed by atoms with Crippen molar-refractivity contribution in [2.45, 2.75) is 12.6 Å². The molecule has 146 valence electrons. The number of nitrogens with one attached hydrogen (secondary N) is 1. The highest BCUT2D eigenvalue weighted by molar-refractivity contribution is 5.90. The maximum absolute atomic E-state index is 12.5. The van der Waals surface area contributed by atoms with E-state index in [1.807, 2.05) is 12.1 Å². The Hall–Kier alpha value is -3.94. The number of benzene rings is 2. The number of hydrogen-bond donors (Lipinski definition) is 2. The van der Waals surface area contributed by atoms with Crippen molar-refractivity contribution in [2.75, 3.05) is 12.4 Å². The number of anilines is 1. The van der Waals surface area contributed by atoms with E-state index in [1.165, 1.54) is 17.7 Å². The van der Waals surface area contributed by atoms with Gasteiger partial charge in [-0.15, -0.1) is 0 Å². The first-order valence-corrected chi connectivity index (χ1v) is 8.87. The number of aryl methyl sites for hydroxylation is 1. The summed E-state index contributed by atoms with van der Waals surface area (Å²) >= 11 is 0. The van der Waals surface area contributed by atoms with Crippen molar-refractivity contribution in [3.63, 3.8) is 0 Å². The van der Waals surface area contributed by atoms with Crippen molar-refractivity contribution in [3.8, 4) is 17.1 Å². The van der Waals surface area contributed by atoms with E-state index in [9.17, 15) is 14.7 Å². The van der Waals surface area contributed by atoms with E-state index in [0.29, 0.717) is 17.0 Å². The van der Waals surface area contributed by atoms with Crippen LogP contribution in [-0.2, 0) is 10.5 Å². The van der Waals surface area contributed by atoms with Crippen LogP contribution in [0.15, 0.2) is 59.4 Å². The van der Waals surface area contributed by atoms with E-state index in [0.717, 1.165) is 5.56 Å². The molecule has 8 nitrogen and oxygen atoms in total. The average molecular weight is 390 g/mol. The van der Waals surface area contributed by atoms with E-state index in [2.05, 4.69) is 15.4 Å². The number of carboxylic acid groups (broad SMARTS) is 1. The fourth-order valence-electron chi connectivity index (χ4n) is 3.19. The smallest absolute Gasteiger partial charge is 0.356 e. The lowest BCUT2D eigenvalue weighted by Crippen LogP contribution is -2.52. The molecule has 2 N–H and O–H groups in total. The highest BCUT2D eigenvalue weighted by Crippen LogP contribution is 2.37. The Morgan fingerprint density at radius 3 is 2.62 bits per heavy atom. The first-order chi connectivity index (χ1) is 13.9. The Kier molecular flexibility index (Phi) is 4.38. The molecule has 0 saturated carbocycles. The molecule has 0 radical (unpaired) electrons. The monoisotopic (exact) mass is 390 g/mol. The van der Waals surface area contributed by atoms with Gasteiger partial charge in [0, 0.05) is 11.3 Å². The maximum atomic E-state index is 12.5. The number of aromatic nitrogens is 3. The van der Waals surface area contributed by atoms with Crippen LogP contribution in [0.4, 0.5) is 5.69 Å². The summed E-state index contributed by atoms with van der Waals surface area (Å²) in [5, 5.41) is 17.5. The normalized spacial score (nSPS) is 17.3. The molecule has 1 unspecified atom stereocenters. The zero-order chi connectivity index (χ0) is 20.6. The van der Waals surface area contributed by atoms with Crippen molar-refractivity contribution < 1.29 is 14.6 Å². The van der Waals surface area contributed by atoms with Gasteiger partial charge in [-0.25, -0.2) is 9.48 Å². The minimum Gasteiger partial charge on any atom is -0.497 e. The predicted molar refractivity (Wildman–Crippen MR) is 108 cm³/mol. The largest absolute Gasteiger partial charge is 0.497 e. The van der Waals surface area contributed by atoms with E-state index in [-0.39, 0.29) is 11.5 Å². The first kappa shape index (κ1) is 18.4. The Morgan fingerprint density at radius 1 is 1.21 bits per heavy atom. The van der Waals surface area contributed by atoms with Crippen LogP contribution in [0.1, 0.15) is 11.3 Å². The van der Waals surface area contributed by atoms with Gasteiger partial charge < -0.3 is 15.2 Å². The van der Waals surface area contributed by atoms with Crippen molar-refractivity contribution in [1.29, 1.82) is 0 Å². The number of para-hydroxylation sites is 1. The van der Waals surface area contributed by atoms with Crippen LogP contribution in [0.5, 0.6) is 5.75 Å². The lowest BCUT2D eigenvalue weighted by molar-refractivity contribution is -0.144. The third-order valence-electron chi connectivity index (χ3n) is 4.75. The van der Waals surface area contributed by atoms with Gasteiger partial charge in [0.1, 0.15) is 11.4 Å². The number of carbonyl (C=O) groups is 1. The van der Waals surface area contributed by atoms with Gasteiger partial charge in [0.05, 0.1) is 7.11 Å². The summed E-state index contributed by atoms with van der Waals surface area (Å²) < 4.78 is 6.39. The zero-order valence-corrected chi connectivity index (χ0v) is 15.8. The Balaban J connectivity index is 1.91. The molecule has 0 saturated heterocycles. The molecule has 3 aromatic rings. The zero-order valence-electron chi connectivity index (χ0n) is 15.8. The molecule has 1 aliphatic heterocycles. The molecular weight excluding hydrogens is 372 g/mol. The third-order valence-corrected chi connectivity index (χ3v) is 4.75. The van der Waals surface area contributed by atoms with Crippen LogP contribution < -0.4 is 15.6 Å². The molecule has 0 spiro atoms. The molecule has 8 heteroatoms. The molecule has 2 heterocycles. The van der Waals surface area contributed by atoms with Crippen molar-refractivity contribution in [3.05, 3.63) is 76.2 Å². The van der Waals surface area contributed by atoms with Crippen LogP contribution in [0.3, 0.4) is 0 Å². The fourth-order valence-corrected chi connectivity index (χ4v) is 3.19. The molecular formula is C21H18N4O4. The van der Waals surface area contributed by atoms with Gasteiger partial charge in [0.25, 0.3) is 11.2 Å². The summed E-state index contributed by atoms with van der Waals surface area (Å²) in [4.78, 5) is 28.7. The minimum atomic E-state index is -1.75. The highest BCUT2D eigenvalue weighted by Gasteiger charge is 2.44. The van der Waals surface area contributed by atoms with Crippen LogP contribution in [0.25, 0.3) is 17.5 Å². The standard InChI is InChI=1S/C21H18N4O4/c1-13-19(26)22-18-16-5-3-4-6-17(16)23-21(20(27)28,25(18)24-13)12-11-14-7-9-15(29-2)10-8-14/h3-12,23H,1-2H3,(H,27,28). The summed E-state index contributed by atoms with van der Waals surface area (Å²) in [6, 6.07) is 14.3. The molecule has 0 aliphatic carbocycles. The van der Waals surface area contributed by atoms with E-state index >= 15 is 0 Å². The van der Waals surface area contributed by atoms with Gasteiger partial charge in [0.2, 0.25) is 0 Å². The van der Waals surface area contributed by atoms with E-state index in [4.69, 9.17) is 4.74 Å². The van der Waals surface area contributed by atoms with Crippen LogP contribution in [0, 0.1) is 6.92 Å². The van der Waals surface area contributed by atoms with Crippen LogP contribution in [0.2, 0.25) is 0 Å². The molecule has 29 heavy (non-hydrogen) atoms. The quantitative estimate of drug-likeness (QED) is 0.705. The lowest BCUT2D eigenvalue weighted by Gasteiger charge is -2.36. The Morgan fingerprint density at radius 2 is 1.93 bits per heavy atom. The second-order valence-electron chi connectivity index (χ2n) is 6.59. The fraction of sp³-hybridized carbons (Fsp3) is 0.143. The van der Waals surface area contributed by atoms with E-state index < -0.39 is 17.2 Å². The van der Waals surface area contributed by atoms with Crippen molar-refractivity contribution in [2.24, 2.45) is 0 Å². The predicted octanol–water partition coefficient (Wildman–Crippen LogP) is 2.50. The number of methoxy groups -OCH3 is 1. The van der Waals surface area contributed by atoms with Gasteiger partial charge in [-0.1, -0.05) is 30.3 Å². The molecule has 1 aliphatic rings. The van der Waals surface area contributed by atoms with Gasteiger partial charge in [-0.3, -0.25) is 4.79 Å². The maximum Gasteiger partial charge on any atom is 0.356 e. The van der Waals surface area contributed by atoms with Gasteiger partial charge in [-0.2, -0.15) is 10.1 Å².